The van der Waals surface area contributed by atoms with E-state index >= 15 is 0 Å². The molecule has 0 amide bonds. The molecule has 6 heteroatoms. The molecule has 0 aliphatic carbocycles. The van der Waals surface area contributed by atoms with Gasteiger partial charge in [0.25, 0.3) is 0 Å². The van der Waals surface area contributed by atoms with Gasteiger partial charge < -0.3 is 9.47 Å². The largest absolute Gasteiger partial charge is 0.487 e. The van der Waals surface area contributed by atoms with Crippen LogP contribution in [0, 0.1) is 0 Å². The number of hydrogen-bond donors (Lipinski definition) is 1. The summed E-state index contributed by atoms with van der Waals surface area (Å²) in [5.41, 5.74) is 0.380. The number of nitrogens with one attached hydrogen (secondary N) is 1. The van der Waals surface area contributed by atoms with E-state index < -0.39 is 17.3 Å². The van der Waals surface area contributed by atoms with Crippen LogP contribution in [-0.4, -0.2) is 18.9 Å². The molecule has 2 unspecified atom stereocenters. The van der Waals surface area contributed by atoms with Gasteiger partial charge in [0.15, 0.2) is 0 Å². The van der Waals surface area contributed by atoms with E-state index in [1.165, 1.54) is 12.1 Å². The molecule has 3 rings (SSSR count). The van der Waals surface area contributed by atoms with Crippen molar-refractivity contribution in [2.75, 3.05) is 7.05 Å². The Morgan fingerprint density at radius 2 is 1.93 bits per heavy atom. The molecular weight excluding hydrogens is 355 g/mol. The van der Waals surface area contributed by atoms with Crippen molar-refractivity contribution in [3.63, 3.8) is 0 Å². The maximum absolute atomic E-state index is 13.1. The zero-order chi connectivity index (χ0) is 19.8. The van der Waals surface area contributed by atoms with Gasteiger partial charge in [-0.3, -0.25) is 5.32 Å². The monoisotopic (exact) mass is 379 g/mol. The predicted molar refractivity (Wildman–Crippen MR) is 98.2 cm³/mol. The Morgan fingerprint density at radius 3 is 2.59 bits per heavy atom. The standard InChI is InChI=1S/C21H24F3NO2/c1-13(25-4)26-16-8-9-17-18(12-20(2,3)27-19(17)11-16)14-6-5-7-15(10-14)21(22,23)24/h5-11,13,18,25H,12H2,1-4H3. The molecule has 0 spiro atoms. The lowest BCUT2D eigenvalue weighted by Gasteiger charge is -2.38. The first-order valence-electron chi connectivity index (χ1n) is 8.93. The first-order chi connectivity index (χ1) is 12.6. The molecular formula is C21H24F3NO2. The minimum Gasteiger partial charge on any atom is -0.487 e. The Bertz CT molecular complexity index is 817. The van der Waals surface area contributed by atoms with Crippen molar-refractivity contribution in [1.29, 1.82) is 0 Å². The summed E-state index contributed by atoms with van der Waals surface area (Å²) in [5.74, 6) is 1.12. The number of alkyl halides is 3. The first-order valence-corrected chi connectivity index (χ1v) is 8.93. The lowest BCUT2D eigenvalue weighted by atomic mass is 9.79. The minimum absolute atomic E-state index is 0.168. The second-order valence-electron chi connectivity index (χ2n) is 7.49. The lowest BCUT2D eigenvalue weighted by molar-refractivity contribution is -0.137. The van der Waals surface area contributed by atoms with Gasteiger partial charge in [-0.2, -0.15) is 13.2 Å². The fourth-order valence-electron chi connectivity index (χ4n) is 3.40. The molecule has 0 bridgehead atoms. The topological polar surface area (TPSA) is 30.5 Å². The predicted octanol–water partition coefficient (Wildman–Crippen LogP) is 5.34. The molecule has 1 heterocycles. The van der Waals surface area contributed by atoms with Crippen LogP contribution in [0.15, 0.2) is 42.5 Å². The number of ether oxygens (including phenoxy) is 2. The van der Waals surface area contributed by atoms with Crippen molar-refractivity contribution in [2.45, 2.75) is 51.1 Å². The molecule has 0 aromatic heterocycles. The molecule has 2 atom stereocenters. The van der Waals surface area contributed by atoms with Crippen LogP contribution < -0.4 is 14.8 Å². The molecule has 2 aromatic rings. The highest BCUT2D eigenvalue weighted by Gasteiger charge is 2.36. The average Bonchev–Trinajstić information content (AvgIpc) is 2.59. The maximum atomic E-state index is 13.1. The van der Waals surface area contributed by atoms with Crippen LogP contribution in [0.3, 0.4) is 0 Å². The van der Waals surface area contributed by atoms with E-state index in [-0.39, 0.29) is 12.1 Å². The number of fused-ring (bicyclic) bond motifs is 1. The number of benzene rings is 2. The molecule has 0 saturated heterocycles. The molecule has 1 aliphatic heterocycles. The highest BCUT2D eigenvalue weighted by molar-refractivity contribution is 5.49. The zero-order valence-electron chi connectivity index (χ0n) is 15.9. The minimum atomic E-state index is -4.36. The summed E-state index contributed by atoms with van der Waals surface area (Å²) < 4.78 is 51.3. The molecule has 0 radical (unpaired) electrons. The number of rotatable bonds is 4. The molecule has 0 saturated carbocycles. The van der Waals surface area contributed by atoms with Gasteiger partial charge in [0.1, 0.15) is 23.3 Å². The molecule has 1 N–H and O–H groups in total. The summed E-state index contributed by atoms with van der Waals surface area (Å²) in [6.07, 6.45) is -3.94. The lowest BCUT2D eigenvalue weighted by Crippen LogP contribution is -2.35. The fourth-order valence-corrected chi connectivity index (χ4v) is 3.40. The number of halogens is 3. The number of hydrogen-bond acceptors (Lipinski definition) is 3. The fraction of sp³-hybridized carbons (Fsp3) is 0.429. The van der Waals surface area contributed by atoms with Crippen molar-refractivity contribution >= 4 is 0 Å². The highest BCUT2D eigenvalue weighted by Crippen LogP contribution is 2.46. The van der Waals surface area contributed by atoms with Crippen molar-refractivity contribution in [3.8, 4) is 11.5 Å². The Morgan fingerprint density at radius 1 is 1.19 bits per heavy atom. The molecule has 0 fully saturated rings. The first kappa shape index (κ1) is 19.5. The summed E-state index contributed by atoms with van der Waals surface area (Å²) in [6, 6.07) is 11.1. The molecule has 27 heavy (non-hydrogen) atoms. The Hall–Kier alpha value is -2.21. The maximum Gasteiger partial charge on any atom is 0.416 e. The summed E-state index contributed by atoms with van der Waals surface area (Å²) in [6.45, 7) is 5.77. The van der Waals surface area contributed by atoms with Crippen LogP contribution in [0.1, 0.15) is 49.8 Å². The van der Waals surface area contributed by atoms with E-state index in [2.05, 4.69) is 5.32 Å². The summed E-state index contributed by atoms with van der Waals surface area (Å²) >= 11 is 0. The van der Waals surface area contributed by atoms with E-state index in [4.69, 9.17) is 9.47 Å². The van der Waals surface area contributed by atoms with Gasteiger partial charge in [-0.25, -0.2) is 0 Å². The second-order valence-corrected chi connectivity index (χ2v) is 7.49. The van der Waals surface area contributed by atoms with Crippen molar-refractivity contribution < 1.29 is 22.6 Å². The summed E-state index contributed by atoms with van der Waals surface area (Å²) in [4.78, 5) is 0. The van der Waals surface area contributed by atoms with Crippen molar-refractivity contribution in [2.24, 2.45) is 0 Å². The van der Waals surface area contributed by atoms with Crippen LogP contribution >= 0.6 is 0 Å². The van der Waals surface area contributed by atoms with Gasteiger partial charge in [-0.1, -0.05) is 24.3 Å². The SMILES string of the molecule is CNC(C)Oc1ccc2c(c1)OC(C)(C)CC2c1cccc(C(F)(F)F)c1. The van der Waals surface area contributed by atoms with Crippen LogP contribution in [0.2, 0.25) is 0 Å². The highest BCUT2D eigenvalue weighted by atomic mass is 19.4. The third kappa shape index (κ3) is 4.38. The van der Waals surface area contributed by atoms with Crippen molar-refractivity contribution in [3.05, 3.63) is 59.2 Å². The van der Waals surface area contributed by atoms with Crippen LogP contribution in [0.4, 0.5) is 13.2 Å². The van der Waals surface area contributed by atoms with E-state index in [9.17, 15) is 13.2 Å². The van der Waals surface area contributed by atoms with Crippen LogP contribution in [0.5, 0.6) is 11.5 Å². The average molecular weight is 379 g/mol. The normalized spacial score (nSPS) is 19.7. The second kappa shape index (κ2) is 7.08. The van der Waals surface area contributed by atoms with Gasteiger partial charge >= 0.3 is 6.18 Å². The van der Waals surface area contributed by atoms with Crippen LogP contribution in [-0.2, 0) is 6.18 Å². The van der Waals surface area contributed by atoms with Gasteiger partial charge in [-0.05, 0) is 51.9 Å². The smallest absolute Gasteiger partial charge is 0.416 e. The van der Waals surface area contributed by atoms with E-state index in [1.807, 2.05) is 39.0 Å². The molecule has 3 nitrogen and oxygen atoms in total. The quantitative estimate of drug-likeness (QED) is 0.727. The van der Waals surface area contributed by atoms with Gasteiger partial charge in [0, 0.05) is 17.5 Å². The van der Waals surface area contributed by atoms with E-state index in [0.29, 0.717) is 23.5 Å². The summed E-state index contributed by atoms with van der Waals surface area (Å²) in [5, 5.41) is 3.00. The van der Waals surface area contributed by atoms with Gasteiger partial charge in [-0.15, -0.1) is 0 Å². The zero-order valence-corrected chi connectivity index (χ0v) is 15.9. The third-order valence-electron chi connectivity index (χ3n) is 4.78. The van der Waals surface area contributed by atoms with Gasteiger partial charge in [0.2, 0.25) is 0 Å². The van der Waals surface area contributed by atoms with E-state index in [1.54, 1.807) is 13.1 Å². The molecule has 1 aliphatic rings. The third-order valence-corrected chi connectivity index (χ3v) is 4.78. The summed E-state index contributed by atoms with van der Waals surface area (Å²) in [7, 11) is 1.80. The van der Waals surface area contributed by atoms with Crippen molar-refractivity contribution in [1.82, 2.24) is 5.32 Å². The van der Waals surface area contributed by atoms with Gasteiger partial charge in [0.05, 0.1) is 5.56 Å². The Kier molecular flexibility index (Phi) is 5.12. The van der Waals surface area contributed by atoms with E-state index in [0.717, 1.165) is 11.6 Å². The van der Waals surface area contributed by atoms with Crippen LogP contribution in [0.25, 0.3) is 0 Å². The Balaban J connectivity index is 2.01. The molecule has 146 valence electrons. The molecule has 2 aromatic carbocycles. The Labute approximate surface area is 157 Å².